The highest BCUT2D eigenvalue weighted by atomic mass is 14.7. The van der Waals surface area contributed by atoms with E-state index in [1.54, 1.807) is 0 Å². The first-order valence-corrected chi connectivity index (χ1v) is 9.31. The maximum atomic E-state index is 6.79. The predicted octanol–water partition coefficient (Wildman–Crippen LogP) is 5.25. The molecule has 5 aromatic rings. The number of aryl methyl sites for hydroxylation is 2. The highest BCUT2D eigenvalue weighted by Crippen LogP contribution is 2.48. The minimum Gasteiger partial charge on any atom is -0.398 e. The van der Waals surface area contributed by atoms with Crippen LogP contribution in [0.4, 0.5) is 22.7 Å². The van der Waals surface area contributed by atoms with E-state index in [9.17, 15) is 0 Å². The number of rotatable bonds is 0. The molecule has 0 aliphatic heterocycles. The molecule has 4 heteroatoms. The maximum Gasteiger partial charge on any atom is 0.0655 e. The molecular formula is C24H22N4. The molecule has 0 fully saturated rings. The summed E-state index contributed by atoms with van der Waals surface area (Å²) in [6.45, 7) is 4.18. The molecular weight excluding hydrogens is 344 g/mol. The fourth-order valence-electron chi connectivity index (χ4n) is 4.75. The maximum absolute atomic E-state index is 6.79. The Kier molecular flexibility index (Phi) is 3.20. The molecule has 0 spiro atoms. The first-order chi connectivity index (χ1) is 13.4. The molecule has 0 heterocycles. The highest BCUT2D eigenvalue weighted by molar-refractivity contribution is 6.32. The summed E-state index contributed by atoms with van der Waals surface area (Å²) in [7, 11) is 0. The van der Waals surface area contributed by atoms with Crippen LogP contribution < -0.4 is 22.9 Å². The summed E-state index contributed by atoms with van der Waals surface area (Å²) in [5.41, 5.74) is 31.0. The Morgan fingerprint density at radius 1 is 0.429 bits per heavy atom. The number of nitrogens with two attached hydrogens (primary N) is 4. The SMILES string of the molecule is Cc1c(N)c2ccccc2c2c(N)c3c(N)c(N)c4ccccc4c3c(C)c12. The number of benzene rings is 5. The van der Waals surface area contributed by atoms with Crippen molar-refractivity contribution in [2.24, 2.45) is 0 Å². The summed E-state index contributed by atoms with van der Waals surface area (Å²) in [5.74, 6) is 0. The monoisotopic (exact) mass is 366 g/mol. The summed E-state index contributed by atoms with van der Waals surface area (Å²) >= 11 is 0. The molecule has 28 heavy (non-hydrogen) atoms. The molecule has 0 saturated carbocycles. The van der Waals surface area contributed by atoms with Crippen LogP contribution in [0.15, 0.2) is 48.5 Å². The minimum atomic E-state index is 0.537. The van der Waals surface area contributed by atoms with Gasteiger partial charge in [0.05, 0.1) is 17.1 Å². The van der Waals surface area contributed by atoms with Gasteiger partial charge in [-0.05, 0) is 46.5 Å². The Morgan fingerprint density at radius 3 is 1.54 bits per heavy atom. The van der Waals surface area contributed by atoms with Crippen molar-refractivity contribution in [1.29, 1.82) is 0 Å². The fraction of sp³-hybridized carbons (Fsp3) is 0.0833. The van der Waals surface area contributed by atoms with Gasteiger partial charge in [-0.2, -0.15) is 0 Å². The summed E-state index contributed by atoms with van der Waals surface area (Å²) in [6, 6.07) is 16.2. The number of anilines is 4. The topological polar surface area (TPSA) is 104 Å². The van der Waals surface area contributed by atoms with E-state index in [4.69, 9.17) is 22.9 Å². The van der Waals surface area contributed by atoms with Crippen LogP contribution in [0.2, 0.25) is 0 Å². The molecule has 8 N–H and O–H groups in total. The van der Waals surface area contributed by atoms with E-state index in [-0.39, 0.29) is 0 Å². The predicted molar refractivity (Wildman–Crippen MR) is 124 cm³/mol. The average Bonchev–Trinajstić information content (AvgIpc) is 2.71. The van der Waals surface area contributed by atoms with Crippen LogP contribution >= 0.6 is 0 Å². The zero-order valence-electron chi connectivity index (χ0n) is 15.9. The summed E-state index contributed by atoms with van der Waals surface area (Å²) in [5, 5.41) is 8.01. The van der Waals surface area contributed by atoms with E-state index in [0.29, 0.717) is 17.1 Å². The van der Waals surface area contributed by atoms with E-state index in [1.165, 1.54) is 0 Å². The Morgan fingerprint density at radius 2 is 0.929 bits per heavy atom. The molecule has 0 radical (unpaired) electrons. The van der Waals surface area contributed by atoms with Crippen LogP contribution in [-0.2, 0) is 0 Å². The van der Waals surface area contributed by atoms with E-state index in [2.05, 4.69) is 26.0 Å². The quantitative estimate of drug-likeness (QED) is 0.130. The third-order valence-corrected chi connectivity index (χ3v) is 6.10. The van der Waals surface area contributed by atoms with Crippen LogP contribution in [0.5, 0.6) is 0 Å². The standard InChI is InChI=1S/C24H22N4/c1-11-17-12(2)21(25)15-9-5-4-8-14(15)19(17)23(27)20-18(11)13-7-3-6-10-16(13)22(26)24(20)28/h3-10H,25-28H2,1-2H3. The first-order valence-electron chi connectivity index (χ1n) is 9.31. The number of hydrogen-bond donors (Lipinski definition) is 4. The molecule has 4 nitrogen and oxygen atoms in total. The van der Waals surface area contributed by atoms with E-state index < -0.39 is 0 Å². The van der Waals surface area contributed by atoms with Crippen LogP contribution in [0.25, 0.3) is 43.1 Å². The van der Waals surface area contributed by atoms with Crippen molar-refractivity contribution in [2.75, 3.05) is 22.9 Å². The molecule has 0 bridgehead atoms. The zero-order chi connectivity index (χ0) is 19.7. The van der Waals surface area contributed by atoms with Crippen LogP contribution in [-0.4, -0.2) is 0 Å². The molecule has 0 aliphatic carbocycles. The molecule has 5 rings (SSSR count). The lowest BCUT2D eigenvalue weighted by atomic mass is 9.86. The van der Waals surface area contributed by atoms with Gasteiger partial charge < -0.3 is 22.9 Å². The van der Waals surface area contributed by atoms with Gasteiger partial charge in [-0.3, -0.25) is 0 Å². The number of fused-ring (bicyclic) bond motifs is 6. The molecule has 138 valence electrons. The second kappa shape index (κ2) is 5.42. The van der Waals surface area contributed by atoms with Crippen molar-refractivity contribution < 1.29 is 0 Å². The van der Waals surface area contributed by atoms with E-state index in [0.717, 1.165) is 59.9 Å². The minimum absolute atomic E-state index is 0.537. The van der Waals surface area contributed by atoms with Crippen molar-refractivity contribution in [1.82, 2.24) is 0 Å². The van der Waals surface area contributed by atoms with Gasteiger partial charge in [0, 0.05) is 27.2 Å². The fourth-order valence-corrected chi connectivity index (χ4v) is 4.75. The number of nitrogen functional groups attached to an aromatic ring is 4. The Hall–Kier alpha value is -3.66. The number of hydrogen-bond acceptors (Lipinski definition) is 4. The van der Waals surface area contributed by atoms with Crippen LogP contribution in [0.1, 0.15) is 11.1 Å². The van der Waals surface area contributed by atoms with Gasteiger partial charge in [0.2, 0.25) is 0 Å². The Bertz CT molecular complexity index is 1350. The molecule has 0 aliphatic rings. The van der Waals surface area contributed by atoms with Crippen LogP contribution in [0.3, 0.4) is 0 Å². The van der Waals surface area contributed by atoms with Crippen molar-refractivity contribution in [3.05, 3.63) is 59.7 Å². The molecule has 5 aromatic carbocycles. The average molecular weight is 366 g/mol. The van der Waals surface area contributed by atoms with Crippen molar-refractivity contribution in [2.45, 2.75) is 13.8 Å². The summed E-state index contributed by atoms with van der Waals surface area (Å²) in [6.07, 6.45) is 0. The molecule has 0 unspecified atom stereocenters. The molecule has 0 aromatic heterocycles. The van der Waals surface area contributed by atoms with Crippen LogP contribution in [0, 0.1) is 13.8 Å². The lowest BCUT2D eigenvalue weighted by molar-refractivity contribution is 1.51. The normalized spacial score (nSPS) is 11.8. The summed E-state index contributed by atoms with van der Waals surface area (Å²) < 4.78 is 0. The third-order valence-electron chi connectivity index (χ3n) is 6.10. The Labute approximate surface area is 162 Å². The van der Waals surface area contributed by atoms with Crippen molar-refractivity contribution in [3.8, 4) is 0 Å². The largest absolute Gasteiger partial charge is 0.398 e. The van der Waals surface area contributed by atoms with Gasteiger partial charge in [-0.1, -0.05) is 48.5 Å². The molecule has 0 saturated heterocycles. The highest BCUT2D eigenvalue weighted by Gasteiger charge is 2.21. The van der Waals surface area contributed by atoms with E-state index >= 15 is 0 Å². The second-order valence-electron chi connectivity index (χ2n) is 7.50. The van der Waals surface area contributed by atoms with Gasteiger partial charge in [0.15, 0.2) is 0 Å². The van der Waals surface area contributed by atoms with Gasteiger partial charge in [0.25, 0.3) is 0 Å². The lowest BCUT2D eigenvalue weighted by Gasteiger charge is -2.21. The third kappa shape index (κ3) is 1.84. The summed E-state index contributed by atoms with van der Waals surface area (Å²) in [4.78, 5) is 0. The molecule has 0 atom stereocenters. The van der Waals surface area contributed by atoms with E-state index in [1.807, 2.05) is 36.4 Å². The van der Waals surface area contributed by atoms with Crippen molar-refractivity contribution in [3.63, 3.8) is 0 Å². The molecule has 0 amide bonds. The smallest absolute Gasteiger partial charge is 0.0655 e. The second-order valence-corrected chi connectivity index (χ2v) is 7.50. The zero-order valence-corrected chi connectivity index (χ0v) is 15.9. The van der Waals surface area contributed by atoms with Gasteiger partial charge in [-0.25, -0.2) is 0 Å². The first kappa shape index (κ1) is 16.5. The van der Waals surface area contributed by atoms with Gasteiger partial charge >= 0.3 is 0 Å². The lowest BCUT2D eigenvalue weighted by Crippen LogP contribution is -2.04. The van der Waals surface area contributed by atoms with Gasteiger partial charge in [0.1, 0.15) is 0 Å². The van der Waals surface area contributed by atoms with Gasteiger partial charge in [-0.15, -0.1) is 0 Å². The van der Waals surface area contributed by atoms with Crippen molar-refractivity contribution >= 4 is 65.8 Å². The Balaban J connectivity index is 2.23.